The smallest absolute Gasteiger partial charge is 0.410 e. The zero-order valence-corrected chi connectivity index (χ0v) is 16.1. The van der Waals surface area contributed by atoms with Crippen LogP contribution in [-0.4, -0.2) is 70.5 Å². The van der Waals surface area contributed by atoms with Gasteiger partial charge in [-0.2, -0.15) is 5.10 Å². The lowest BCUT2D eigenvalue weighted by molar-refractivity contribution is 0.0240. The normalized spacial score (nSPS) is 15.1. The van der Waals surface area contributed by atoms with E-state index in [1.165, 1.54) is 0 Å². The molecule has 1 aliphatic rings. The first-order chi connectivity index (χ1) is 12.8. The number of H-pyrrole nitrogens is 1. The quantitative estimate of drug-likeness (QED) is 0.821. The van der Waals surface area contributed by atoms with E-state index in [4.69, 9.17) is 9.47 Å². The van der Waals surface area contributed by atoms with Crippen LogP contribution < -0.4 is 4.90 Å². The van der Waals surface area contributed by atoms with E-state index < -0.39 is 11.6 Å². The van der Waals surface area contributed by atoms with E-state index in [1.807, 2.05) is 26.8 Å². The fourth-order valence-electron chi connectivity index (χ4n) is 2.96. The molecular formula is C18H25N5O4. The van der Waals surface area contributed by atoms with E-state index >= 15 is 0 Å². The van der Waals surface area contributed by atoms with E-state index in [9.17, 15) is 9.59 Å². The lowest BCUT2D eigenvalue weighted by atomic mass is 10.2. The summed E-state index contributed by atoms with van der Waals surface area (Å²) in [5.74, 6) is -0.473. The summed E-state index contributed by atoms with van der Waals surface area (Å²) >= 11 is 0. The fraction of sp³-hybridized carbons (Fsp3) is 0.556. The number of amides is 1. The lowest BCUT2D eigenvalue weighted by Gasteiger charge is -2.36. The van der Waals surface area contributed by atoms with Gasteiger partial charge in [0, 0.05) is 32.4 Å². The number of piperazine rings is 1. The lowest BCUT2D eigenvalue weighted by Crippen LogP contribution is -2.50. The predicted molar refractivity (Wildman–Crippen MR) is 99.9 cm³/mol. The van der Waals surface area contributed by atoms with Gasteiger partial charge in [0.25, 0.3) is 0 Å². The number of anilines is 1. The minimum Gasteiger partial charge on any atom is -0.461 e. The van der Waals surface area contributed by atoms with Crippen molar-refractivity contribution in [2.45, 2.75) is 33.3 Å². The van der Waals surface area contributed by atoms with Gasteiger partial charge in [-0.05, 0) is 33.8 Å². The highest BCUT2D eigenvalue weighted by Gasteiger charge is 2.27. The third kappa shape index (κ3) is 4.12. The standard InChI is InChI=1S/C18H25N5O4/c1-5-26-16(24)15-14-13(20-21-15)12(6-7-19-14)22-8-10-23(11-9-22)17(25)27-18(2,3)4/h6-7H,5,8-11H2,1-4H3,(H,20,21). The van der Waals surface area contributed by atoms with E-state index in [2.05, 4.69) is 20.1 Å². The van der Waals surface area contributed by atoms with Gasteiger partial charge in [0.15, 0.2) is 5.69 Å². The van der Waals surface area contributed by atoms with Gasteiger partial charge in [0.2, 0.25) is 0 Å². The number of nitrogens with one attached hydrogen (secondary N) is 1. The third-order valence-corrected chi connectivity index (χ3v) is 4.17. The number of carbonyl (C=O) groups is 2. The van der Waals surface area contributed by atoms with Crippen LogP contribution in [0.5, 0.6) is 0 Å². The molecule has 0 spiro atoms. The number of aromatic amines is 1. The van der Waals surface area contributed by atoms with Crippen molar-refractivity contribution in [3.05, 3.63) is 18.0 Å². The molecule has 0 aliphatic carbocycles. The third-order valence-electron chi connectivity index (χ3n) is 4.17. The highest BCUT2D eigenvalue weighted by molar-refractivity contribution is 6.03. The molecule has 2 aromatic heterocycles. The maximum Gasteiger partial charge on any atom is 0.410 e. The maximum absolute atomic E-state index is 12.2. The van der Waals surface area contributed by atoms with Crippen LogP contribution in [0.4, 0.5) is 10.5 Å². The number of esters is 1. The molecule has 146 valence electrons. The number of pyridine rings is 1. The summed E-state index contributed by atoms with van der Waals surface area (Å²) in [6.07, 6.45) is 1.35. The van der Waals surface area contributed by atoms with Gasteiger partial charge in [-0.15, -0.1) is 0 Å². The molecule has 1 aliphatic heterocycles. The SMILES string of the molecule is CCOC(=O)c1[nH]nc2c(N3CCN(C(=O)OC(C)(C)C)CC3)ccnc12. The molecule has 1 amide bonds. The van der Waals surface area contributed by atoms with Gasteiger partial charge in [-0.1, -0.05) is 0 Å². The highest BCUT2D eigenvalue weighted by Crippen LogP contribution is 2.26. The predicted octanol–water partition coefficient (Wildman–Crippen LogP) is 2.19. The fourth-order valence-corrected chi connectivity index (χ4v) is 2.96. The highest BCUT2D eigenvalue weighted by atomic mass is 16.6. The van der Waals surface area contributed by atoms with Crippen LogP contribution in [0.3, 0.4) is 0 Å². The Balaban J connectivity index is 1.74. The number of ether oxygens (including phenoxy) is 2. The molecule has 0 atom stereocenters. The second-order valence-corrected chi connectivity index (χ2v) is 7.30. The number of fused-ring (bicyclic) bond motifs is 1. The largest absolute Gasteiger partial charge is 0.461 e. The Morgan fingerprint density at radius 1 is 1.19 bits per heavy atom. The summed E-state index contributed by atoms with van der Waals surface area (Å²) < 4.78 is 10.5. The van der Waals surface area contributed by atoms with Crippen molar-refractivity contribution in [1.29, 1.82) is 0 Å². The first-order valence-corrected chi connectivity index (χ1v) is 9.03. The Morgan fingerprint density at radius 3 is 2.52 bits per heavy atom. The Bertz CT molecular complexity index is 834. The molecule has 0 saturated carbocycles. The molecule has 1 fully saturated rings. The Hall–Kier alpha value is -2.84. The molecule has 1 saturated heterocycles. The van der Waals surface area contributed by atoms with Crippen molar-refractivity contribution in [2.24, 2.45) is 0 Å². The molecule has 1 N–H and O–H groups in total. The van der Waals surface area contributed by atoms with Crippen molar-refractivity contribution in [2.75, 3.05) is 37.7 Å². The summed E-state index contributed by atoms with van der Waals surface area (Å²) in [4.78, 5) is 32.4. The van der Waals surface area contributed by atoms with Gasteiger partial charge in [-0.25, -0.2) is 9.59 Å². The minimum absolute atomic E-state index is 0.251. The summed E-state index contributed by atoms with van der Waals surface area (Å²) in [6.45, 7) is 9.97. The summed E-state index contributed by atoms with van der Waals surface area (Å²) in [6, 6.07) is 1.86. The topological polar surface area (TPSA) is 101 Å². The average Bonchev–Trinajstić information content (AvgIpc) is 3.05. The molecule has 0 unspecified atom stereocenters. The molecule has 0 radical (unpaired) electrons. The summed E-state index contributed by atoms with van der Waals surface area (Å²) in [7, 11) is 0. The molecule has 27 heavy (non-hydrogen) atoms. The first kappa shape index (κ1) is 18.9. The maximum atomic E-state index is 12.2. The number of hydrogen-bond donors (Lipinski definition) is 1. The zero-order chi connectivity index (χ0) is 19.6. The van der Waals surface area contributed by atoms with E-state index in [0.29, 0.717) is 37.2 Å². The molecule has 2 aromatic rings. The van der Waals surface area contributed by atoms with E-state index in [1.54, 1.807) is 18.0 Å². The van der Waals surface area contributed by atoms with Crippen LogP contribution in [0, 0.1) is 0 Å². The van der Waals surface area contributed by atoms with Crippen molar-refractivity contribution in [3.63, 3.8) is 0 Å². The minimum atomic E-state index is -0.510. The van der Waals surface area contributed by atoms with E-state index in [-0.39, 0.29) is 18.4 Å². The Kier molecular flexibility index (Phi) is 5.20. The average molecular weight is 375 g/mol. The first-order valence-electron chi connectivity index (χ1n) is 9.03. The molecule has 3 heterocycles. The molecule has 3 rings (SSSR count). The van der Waals surface area contributed by atoms with Crippen molar-refractivity contribution < 1.29 is 19.1 Å². The van der Waals surface area contributed by atoms with E-state index in [0.717, 1.165) is 5.69 Å². The number of aromatic nitrogens is 3. The number of nitrogens with zero attached hydrogens (tertiary/aromatic N) is 4. The van der Waals surface area contributed by atoms with Crippen LogP contribution in [0.2, 0.25) is 0 Å². The van der Waals surface area contributed by atoms with Crippen LogP contribution >= 0.6 is 0 Å². The van der Waals surface area contributed by atoms with Gasteiger partial charge >= 0.3 is 12.1 Å². The molecule has 0 bridgehead atoms. The number of carbonyl (C=O) groups excluding carboxylic acids is 2. The van der Waals surface area contributed by atoms with Crippen molar-refractivity contribution in [1.82, 2.24) is 20.1 Å². The molecule has 0 aromatic carbocycles. The summed E-state index contributed by atoms with van der Waals surface area (Å²) in [5.41, 5.74) is 1.72. The number of rotatable bonds is 3. The Labute approximate surface area is 157 Å². The Morgan fingerprint density at radius 2 is 1.89 bits per heavy atom. The van der Waals surface area contributed by atoms with Crippen molar-refractivity contribution >= 4 is 28.8 Å². The molecular weight excluding hydrogens is 350 g/mol. The van der Waals surface area contributed by atoms with Crippen LogP contribution in [0.15, 0.2) is 12.3 Å². The van der Waals surface area contributed by atoms with Gasteiger partial charge in [0.05, 0.1) is 12.3 Å². The molecule has 9 heteroatoms. The molecule has 9 nitrogen and oxygen atoms in total. The second-order valence-electron chi connectivity index (χ2n) is 7.30. The van der Waals surface area contributed by atoms with Crippen LogP contribution in [-0.2, 0) is 9.47 Å². The zero-order valence-electron chi connectivity index (χ0n) is 16.1. The number of hydrogen-bond acceptors (Lipinski definition) is 7. The van der Waals surface area contributed by atoms with Gasteiger partial charge in [-0.3, -0.25) is 10.1 Å². The summed E-state index contributed by atoms with van der Waals surface area (Å²) in [5, 5.41) is 7.00. The van der Waals surface area contributed by atoms with Gasteiger partial charge < -0.3 is 19.3 Å². The van der Waals surface area contributed by atoms with Crippen molar-refractivity contribution in [3.8, 4) is 0 Å². The van der Waals surface area contributed by atoms with Gasteiger partial charge in [0.1, 0.15) is 16.6 Å². The van der Waals surface area contributed by atoms with Crippen LogP contribution in [0.1, 0.15) is 38.2 Å². The van der Waals surface area contributed by atoms with Crippen LogP contribution in [0.25, 0.3) is 11.0 Å². The monoisotopic (exact) mass is 375 g/mol. The second kappa shape index (κ2) is 7.42.